The third kappa shape index (κ3) is 3.54. The van der Waals surface area contributed by atoms with Gasteiger partial charge in [0, 0.05) is 25.8 Å². The van der Waals surface area contributed by atoms with E-state index in [-0.39, 0.29) is 0 Å². The van der Waals surface area contributed by atoms with E-state index < -0.39 is 0 Å². The number of amidine groups is 1. The van der Waals surface area contributed by atoms with E-state index in [0.29, 0.717) is 30.6 Å². The first-order chi connectivity index (χ1) is 8.25. The van der Waals surface area contributed by atoms with Crippen molar-refractivity contribution in [3.8, 4) is 0 Å². The van der Waals surface area contributed by atoms with E-state index in [0.717, 1.165) is 5.84 Å². The van der Waals surface area contributed by atoms with Gasteiger partial charge in [0.05, 0.1) is 5.84 Å². The highest BCUT2D eigenvalue weighted by Crippen LogP contribution is 2.23. The van der Waals surface area contributed by atoms with Gasteiger partial charge in [-0.1, -0.05) is 24.4 Å². The summed E-state index contributed by atoms with van der Waals surface area (Å²) in [6, 6.07) is 0. The topological polar surface area (TPSA) is 77.3 Å². The molecule has 1 saturated carbocycles. The Kier molecular flexibility index (Phi) is 4.12. The monoisotopic (exact) mass is 236 g/mol. The molecule has 0 aromatic carbocycles. The maximum atomic E-state index is 6.00. The molecule has 94 valence electrons. The van der Waals surface area contributed by atoms with E-state index in [4.69, 9.17) is 10.3 Å². The second-order valence-corrected chi connectivity index (χ2v) is 4.62. The summed E-state index contributed by atoms with van der Waals surface area (Å²) < 4.78 is 4.90. The SMILES string of the molecule is Cc1nc(CCN=C(N)C2CCCCC2)no1. The zero-order valence-corrected chi connectivity index (χ0v) is 10.4. The molecule has 1 aliphatic carbocycles. The van der Waals surface area contributed by atoms with Crippen molar-refractivity contribution in [2.24, 2.45) is 16.6 Å². The lowest BCUT2D eigenvalue weighted by Gasteiger charge is -2.20. The summed E-state index contributed by atoms with van der Waals surface area (Å²) in [6.45, 7) is 2.44. The van der Waals surface area contributed by atoms with Crippen LogP contribution in [0.2, 0.25) is 0 Å². The van der Waals surface area contributed by atoms with Crippen LogP contribution >= 0.6 is 0 Å². The molecule has 0 atom stereocenters. The molecule has 0 radical (unpaired) electrons. The van der Waals surface area contributed by atoms with Gasteiger partial charge < -0.3 is 10.3 Å². The van der Waals surface area contributed by atoms with Gasteiger partial charge in [0.1, 0.15) is 0 Å². The predicted molar refractivity (Wildman–Crippen MR) is 65.8 cm³/mol. The molecular formula is C12H20N4O. The molecule has 1 aromatic heterocycles. The van der Waals surface area contributed by atoms with E-state index in [1.807, 2.05) is 0 Å². The van der Waals surface area contributed by atoms with Crippen molar-refractivity contribution >= 4 is 5.84 Å². The molecule has 0 bridgehead atoms. The number of aryl methyl sites for hydroxylation is 1. The van der Waals surface area contributed by atoms with E-state index in [9.17, 15) is 0 Å². The molecule has 2 N–H and O–H groups in total. The maximum absolute atomic E-state index is 6.00. The van der Waals surface area contributed by atoms with Crippen molar-refractivity contribution in [1.82, 2.24) is 10.1 Å². The van der Waals surface area contributed by atoms with Gasteiger partial charge in [-0.15, -0.1) is 0 Å². The van der Waals surface area contributed by atoms with E-state index in [2.05, 4.69) is 15.1 Å². The Bertz CT molecular complexity index is 380. The van der Waals surface area contributed by atoms with Crippen molar-refractivity contribution in [3.63, 3.8) is 0 Å². The van der Waals surface area contributed by atoms with Crippen LogP contribution in [0.1, 0.15) is 43.8 Å². The molecule has 2 rings (SSSR count). The molecule has 1 fully saturated rings. The van der Waals surface area contributed by atoms with Gasteiger partial charge in [-0.25, -0.2) is 0 Å². The standard InChI is InChI=1S/C12H20N4O/c1-9-15-11(16-17-9)7-8-14-12(13)10-5-3-2-4-6-10/h10H,2-8H2,1H3,(H2,13,14). The van der Waals surface area contributed by atoms with Crippen LogP contribution in [-0.2, 0) is 6.42 Å². The third-order valence-corrected chi connectivity index (χ3v) is 3.22. The average molecular weight is 236 g/mol. The van der Waals surface area contributed by atoms with Crippen molar-refractivity contribution in [2.75, 3.05) is 6.54 Å². The summed E-state index contributed by atoms with van der Waals surface area (Å²) in [7, 11) is 0. The summed E-state index contributed by atoms with van der Waals surface area (Å²) in [6.07, 6.45) is 6.99. The molecule has 1 aromatic rings. The average Bonchev–Trinajstić information content (AvgIpc) is 2.76. The van der Waals surface area contributed by atoms with Gasteiger partial charge in [-0.05, 0) is 12.8 Å². The molecular weight excluding hydrogens is 216 g/mol. The van der Waals surface area contributed by atoms with E-state index in [1.165, 1.54) is 32.1 Å². The van der Waals surface area contributed by atoms with Crippen LogP contribution in [0.15, 0.2) is 9.52 Å². The second-order valence-electron chi connectivity index (χ2n) is 4.62. The summed E-state index contributed by atoms with van der Waals surface area (Å²) in [5.74, 6) is 2.62. The van der Waals surface area contributed by atoms with Gasteiger partial charge in [-0.2, -0.15) is 4.98 Å². The fourth-order valence-corrected chi connectivity index (χ4v) is 2.26. The number of rotatable bonds is 4. The molecule has 1 aliphatic rings. The number of hydrogen-bond acceptors (Lipinski definition) is 4. The van der Waals surface area contributed by atoms with Crippen LogP contribution in [0.25, 0.3) is 0 Å². The van der Waals surface area contributed by atoms with E-state index in [1.54, 1.807) is 6.92 Å². The molecule has 1 heterocycles. The van der Waals surface area contributed by atoms with Crippen LogP contribution in [0.4, 0.5) is 0 Å². The number of aliphatic imine (C=N–C) groups is 1. The summed E-state index contributed by atoms with van der Waals surface area (Å²) in [4.78, 5) is 8.56. The Morgan fingerprint density at radius 3 is 2.82 bits per heavy atom. The highest BCUT2D eigenvalue weighted by molar-refractivity contribution is 5.82. The Morgan fingerprint density at radius 1 is 1.41 bits per heavy atom. The Balaban J connectivity index is 1.79. The van der Waals surface area contributed by atoms with Gasteiger partial charge in [-0.3, -0.25) is 4.99 Å². The molecule has 17 heavy (non-hydrogen) atoms. The van der Waals surface area contributed by atoms with Gasteiger partial charge in [0.15, 0.2) is 5.82 Å². The zero-order chi connectivity index (χ0) is 12.1. The third-order valence-electron chi connectivity index (χ3n) is 3.22. The molecule has 5 nitrogen and oxygen atoms in total. The summed E-state index contributed by atoms with van der Waals surface area (Å²) in [5.41, 5.74) is 6.00. The minimum absolute atomic E-state index is 0.496. The van der Waals surface area contributed by atoms with Crippen molar-refractivity contribution in [3.05, 3.63) is 11.7 Å². The van der Waals surface area contributed by atoms with Crippen LogP contribution in [-0.4, -0.2) is 22.5 Å². The molecule has 0 spiro atoms. The number of nitrogens with zero attached hydrogens (tertiary/aromatic N) is 3. The van der Waals surface area contributed by atoms with Crippen molar-refractivity contribution in [2.45, 2.75) is 45.4 Å². The minimum atomic E-state index is 0.496. The summed E-state index contributed by atoms with van der Waals surface area (Å²) >= 11 is 0. The normalized spacial score (nSPS) is 18.5. The Labute approximate surface area is 101 Å². The first-order valence-electron chi connectivity index (χ1n) is 6.34. The number of aromatic nitrogens is 2. The highest BCUT2D eigenvalue weighted by atomic mass is 16.5. The Hall–Kier alpha value is -1.39. The van der Waals surface area contributed by atoms with Crippen LogP contribution in [0.3, 0.4) is 0 Å². The molecule has 0 amide bonds. The first-order valence-corrected chi connectivity index (χ1v) is 6.34. The lowest BCUT2D eigenvalue weighted by Crippen LogP contribution is -2.26. The maximum Gasteiger partial charge on any atom is 0.223 e. The highest BCUT2D eigenvalue weighted by Gasteiger charge is 2.16. The largest absolute Gasteiger partial charge is 0.387 e. The van der Waals surface area contributed by atoms with Crippen LogP contribution < -0.4 is 5.73 Å². The number of nitrogens with two attached hydrogens (primary N) is 1. The zero-order valence-electron chi connectivity index (χ0n) is 10.4. The smallest absolute Gasteiger partial charge is 0.223 e. The van der Waals surface area contributed by atoms with Gasteiger partial charge in [0.2, 0.25) is 5.89 Å². The molecule has 5 heteroatoms. The lowest BCUT2D eigenvalue weighted by atomic mass is 9.88. The van der Waals surface area contributed by atoms with E-state index >= 15 is 0 Å². The van der Waals surface area contributed by atoms with Crippen LogP contribution in [0, 0.1) is 12.8 Å². The minimum Gasteiger partial charge on any atom is -0.387 e. The molecule has 0 unspecified atom stereocenters. The number of hydrogen-bond donors (Lipinski definition) is 1. The van der Waals surface area contributed by atoms with Crippen LogP contribution in [0.5, 0.6) is 0 Å². The molecule has 0 aliphatic heterocycles. The fraction of sp³-hybridized carbons (Fsp3) is 0.750. The predicted octanol–water partition coefficient (Wildman–Crippen LogP) is 1.86. The van der Waals surface area contributed by atoms with Gasteiger partial charge in [0.25, 0.3) is 0 Å². The van der Waals surface area contributed by atoms with Gasteiger partial charge >= 0.3 is 0 Å². The first kappa shape index (κ1) is 12.1. The quantitative estimate of drug-likeness (QED) is 0.639. The van der Waals surface area contributed by atoms with Crippen molar-refractivity contribution in [1.29, 1.82) is 0 Å². The van der Waals surface area contributed by atoms with Crippen molar-refractivity contribution < 1.29 is 4.52 Å². The second kappa shape index (κ2) is 5.80. The summed E-state index contributed by atoms with van der Waals surface area (Å²) in [5, 5.41) is 3.83. The Morgan fingerprint density at radius 2 is 2.18 bits per heavy atom. The molecule has 0 saturated heterocycles. The lowest BCUT2D eigenvalue weighted by molar-refractivity contribution is 0.387. The fourth-order valence-electron chi connectivity index (χ4n) is 2.26.